The van der Waals surface area contributed by atoms with Crippen LogP contribution in [0.3, 0.4) is 0 Å². The van der Waals surface area contributed by atoms with E-state index in [-0.39, 0.29) is 5.97 Å². The van der Waals surface area contributed by atoms with Gasteiger partial charge in [-0.15, -0.1) is 0 Å². The number of allylic oxidation sites excluding steroid dienone is 1. The lowest BCUT2D eigenvalue weighted by Crippen LogP contribution is -2.29. The van der Waals surface area contributed by atoms with Crippen molar-refractivity contribution in [1.29, 1.82) is 0 Å². The number of hydrogen-bond donors (Lipinski definition) is 1. The van der Waals surface area contributed by atoms with Crippen LogP contribution in [0.2, 0.25) is 0 Å². The van der Waals surface area contributed by atoms with Crippen LogP contribution in [-0.4, -0.2) is 35.8 Å². The van der Waals surface area contributed by atoms with E-state index in [1.54, 1.807) is 7.11 Å². The summed E-state index contributed by atoms with van der Waals surface area (Å²) in [5, 5.41) is 3.43. The van der Waals surface area contributed by atoms with E-state index in [4.69, 9.17) is 19.2 Å². The molecule has 180 valence electrons. The summed E-state index contributed by atoms with van der Waals surface area (Å²) in [6.07, 6.45) is 3.62. The maximum absolute atomic E-state index is 13.3. The fourth-order valence-corrected chi connectivity index (χ4v) is 4.40. The van der Waals surface area contributed by atoms with Crippen molar-refractivity contribution in [3.63, 3.8) is 0 Å². The highest BCUT2D eigenvalue weighted by Crippen LogP contribution is 2.42. The van der Waals surface area contributed by atoms with Gasteiger partial charge >= 0.3 is 5.97 Å². The number of ether oxygens (including phenoxy) is 3. The zero-order valence-electron chi connectivity index (χ0n) is 20.4. The van der Waals surface area contributed by atoms with Gasteiger partial charge in [0.25, 0.3) is 0 Å². The van der Waals surface area contributed by atoms with Crippen LogP contribution in [0.5, 0.6) is 11.5 Å². The smallest absolute Gasteiger partial charge is 0.338 e. The topological polar surface area (TPSA) is 74.6 Å². The van der Waals surface area contributed by atoms with Crippen molar-refractivity contribution in [2.24, 2.45) is 0 Å². The molecule has 0 saturated carbocycles. The van der Waals surface area contributed by atoms with Crippen LogP contribution < -0.4 is 14.8 Å². The Bertz CT molecular complexity index is 1200. The van der Waals surface area contributed by atoms with Gasteiger partial charge < -0.3 is 19.5 Å². The van der Waals surface area contributed by atoms with Crippen LogP contribution in [-0.2, 0) is 9.53 Å². The van der Waals surface area contributed by atoms with E-state index >= 15 is 0 Å². The second-order valence-electron chi connectivity index (χ2n) is 8.30. The van der Waals surface area contributed by atoms with Crippen molar-refractivity contribution in [3.05, 3.63) is 59.3 Å². The lowest BCUT2D eigenvalue weighted by molar-refractivity contribution is -0.139. The maximum atomic E-state index is 13.3. The Morgan fingerprint density at radius 2 is 1.91 bits per heavy atom. The number of imidazole rings is 1. The Labute approximate surface area is 200 Å². The third-order valence-electron chi connectivity index (χ3n) is 5.97. The third-order valence-corrected chi connectivity index (χ3v) is 5.97. The van der Waals surface area contributed by atoms with Gasteiger partial charge in [0, 0.05) is 5.70 Å². The Morgan fingerprint density at radius 1 is 1.09 bits per heavy atom. The number of unbranched alkanes of at least 4 members (excludes halogenated alkanes) is 1. The number of aromatic nitrogens is 2. The highest BCUT2D eigenvalue weighted by Gasteiger charge is 2.36. The molecule has 1 aliphatic heterocycles. The van der Waals surface area contributed by atoms with Gasteiger partial charge in [-0.2, -0.15) is 0 Å². The number of rotatable bonds is 10. The molecule has 4 rings (SSSR count). The van der Waals surface area contributed by atoms with Crippen molar-refractivity contribution >= 4 is 23.0 Å². The van der Waals surface area contributed by atoms with Crippen LogP contribution in [0.25, 0.3) is 11.0 Å². The zero-order chi connectivity index (χ0) is 24.1. The van der Waals surface area contributed by atoms with Crippen molar-refractivity contribution < 1.29 is 19.0 Å². The molecule has 0 amide bonds. The molecule has 1 aliphatic rings. The fraction of sp³-hybridized carbons (Fsp3) is 0.407. The number of esters is 1. The van der Waals surface area contributed by atoms with Gasteiger partial charge in [0.2, 0.25) is 5.95 Å². The third kappa shape index (κ3) is 4.47. The largest absolute Gasteiger partial charge is 0.493 e. The van der Waals surface area contributed by atoms with E-state index in [9.17, 15) is 4.79 Å². The second kappa shape index (κ2) is 10.6. The lowest BCUT2D eigenvalue weighted by atomic mass is 9.93. The summed E-state index contributed by atoms with van der Waals surface area (Å²) in [7, 11) is 1.64. The van der Waals surface area contributed by atoms with Crippen molar-refractivity contribution in [3.8, 4) is 11.5 Å². The minimum Gasteiger partial charge on any atom is -0.493 e. The number of carbonyl (C=O) groups excluding carboxylic acids is 1. The predicted octanol–water partition coefficient (Wildman–Crippen LogP) is 5.86. The normalized spacial score (nSPS) is 15.1. The molecule has 0 aliphatic carbocycles. The molecule has 0 spiro atoms. The van der Waals surface area contributed by atoms with Gasteiger partial charge in [-0.1, -0.05) is 44.9 Å². The summed E-state index contributed by atoms with van der Waals surface area (Å²) in [6.45, 7) is 6.98. The van der Waals surface area contributed by atoms with E-state index < -0.39 is 6.04 Å². The quantitative estimate of drug-likeness (QED) is 0.300. The molecule has 7 nitrogen and oxygen atoms in total. The lowest BCUT2D eigenvalue weighted by Gasteiger charge is -2.31. The molecule has 3 aromatic rings. The molecule has 1 N–H and O–H groups in total. The molecule has 1 aromatic heterocycles. The molecule has 0 unspecified atom stereocenters. The van der Waals surface area contributed by atoms with Gasteiger partial charge in [-0.3, -0.25) is 4.57 Å². The summed E-state index contributed by atoms with van der Waals surface area (Å²) >= 11 is 0. The molecule has 2 heterocycles. The molecule has 0 saturated heterocycles. The number of hydrogen-bond acceptors (Lipinski definition) is 6. The molecule has 0 radical (unpaired) electrons. The number of fused-ring (bicyclic) bond motifs is 3. The molecule has 0 fully saturated rings. The average molecular weight is 464 g/mol. The van der Waals surface area contributed by atoms with Crippen molar-refractivity contribution in [2.45, 2.75) is 52.5 Å². The number of nitrogens with one attached hydrogen (secondary N) is 1. The van der Waals surface area contributed by atoms with E-state index in [1.165, 1.54) is 0 Å². The monoisotopic (exact) mass is 463 g/mol. The summed E-state index contributed by atoms with van der Waals surface area (Å²) in [5.74, 6) is 1.72. The first-order chi connectivity index (χ1) is 16.6. The molecule has 1 atom stereocenters. The van der Waals surface area contributed by atoms with Crippen LogP contribution in [0, 0.1) is 0 Å². The predicted molar refractivity (Wildman–Crippen MR) is 133 cm³/mol. The number of nitrogens with zero attached hydrogens (tertiary/aromatic N) is 2. The number of methoxy groups -OCH3 is 1. The summed E-state index contributed by atoms with van der Waals surface area (Å²) in [6, 6.07) is 13.4. The standard InChI is InChI=1S/C27H33N3O4/c1-5-8-16-34-22-15-14-18(17-23(22)32-4)25-24(26(31)33-7-3)20(11-6-2)29-27-28-19-12-9-10-13-21(19)30(25)27/h9-10,12-15,17,25H,5-8,11,16H2,1-4H3,(H,28,29)/t25-/m1/s1. The number of benzene rings is 2. The highest BCUT2D eigenvalue weighted by atomic mass is 16.5. The zero-order valence-corrected chi connectivity index (χ0v) is 20.4. The SMILES string of the molecule is CCCCOc1ccc([C@@H]2C(C(=O)OCC)=C(CCC)Nc3nc4ccccc4n32)cc1OC. The van der Waals surface area contributed by atoms with Crippen LogP contribution in [0.1, 0.15) is 58.1 Å². The van der Waals surface area contributed by atoms with Gasteiger partial charge in [-0.05, 0) is 49.6 Å². The Hall–Kier alpha value is -3.48. The van der Waals surface area contributed by atoms with Crippen LogP contribution >= 0.6 is 0 Å². The molecular weight excluding hydrogens is 430 g/mol. The van der Waals surface area contributed by atoms with Gasteiger partial charge in [0.05, 0.1) is 43.0 Å². The van der Waals surface area contributed by atoms with E-state index in [1.807, 2.05) is 49.4 Å². The Balaban J connectivity index is 1.90. The number of carbonyl (C=O) groups is 1. The van der Waals surface area contributed by atoms with Crippen molar-refractivity contribution in [2.75, 3.05) is 25.6 Å². The van der Waals surface area contributed by atoms with E-state index in [2.05, 4.69) is 23.7 Å². The Morgan fingerprint density at radius 3 is 2.65 bits per heavy atom. The van der Waals surface area contributed by atoms with Gasteiger partial charge in [0.15, 0.2) is 11.5 Å². The first-order valence-electron chi connectivity index (χ1n) is 12.1. The summed E-state index contributed by atoms with van der Waals surface area (Å²) in [4.78, 5) is 18.1. The van der Waals surface area contributed by atoms with Gasteiger partial charge in [-0.25, -0.2) is 9.78 Å². The summed E-state index contributed by atoms with van der Waals surface area (Å²) < 4.78 is 19.2. The van der Waals surface area contributed by atoms with Crippen LogP contribution in [0.4, 0.5) is 5.95 Å². The number of para-hydroxylation sites is 2. The van der Waals surface area contributed by atoms with Crippen LogP contribution in [0.15, 0.2) is 53.7 Å². The van der Waals surface area contributed by atoms with E-state index in [0.717, 1.165) is 41.6 Å². The fourth-order valence-electron chi connectivity index (χ4n) is 4.40. The molecule has 2 aromatic carbocycles. The van der Waals surface area contributed by atoms with Gasteiger partial charge in [0.1, 0.15) is 0 Å². The molecular formula is C27H33N3O4. The first-order valence-corrected chi connectivity index (χ1v) is 12.1. The second-order valence-corrected chi connectivity index (χ2v) is 8.30. The molecule has 34 heavy (non-hydrogen) atoms. The maximum Gasteiger partial charge on any atom is 0.338 e. The average Bonchev–Trinajstić information content (AvgIpc) is 3.22. The first kappa shape index (κ1) is 23.7. The van der Waals surface area contributed by atoms with E-state index in [0.29, 0.717) is 42.7 Å². The molecule has 0 bridgehead atoms. The minimum atomic E-state index is -0.414. The summed E-state index contributed by atoms with van der Waals surface area (Å²) in [5.41, 5.74) is 4.15. The highest BCUT2D eigenvalue weighted by molar-refractivity contribution is 5.94. The minimum absolute atomic E-state index is 0.305. The molecule has 7 heteroatoms. The number of anilines is 1. The van der Waals surface area contributed by atoms with Crippen molar-refractivity contribution in [1.82, 2.24) is 9.55 Å². The Kier molecular flexibility index (Phi) is 7.40.